The summed E-state index contributed by atoms with van der Waals surface area (Å²) < 4.78 is 3.93. The van der Waals surface area contributed by atoms with Crippen molar-refractivity contribution in [1.29, 1.82) is 0 Å². The summed E-state index contributed by atoms with van der Waals surface area (Å²) >= 11 is -2.02. The molecule has 0 amide bonds. The van der Waals surface area contributed by atoms with Crippen LogP contribution in [-0.4, -0.2) is 6.41 Å². The van der Waals surface area contributed by atoms with Crippen molar-refractivity contribution in [3.63, 3.8) is 0 Å². The SMILES string of the molecule is CC1=CC(c2ccccc2)C(c2cccc3c2[CH]([Zr](=[C](C)C)=[C](C)C)c2ccccc2-3)=C1. The van der Waals surface area contributed by atoms with Crippen LogP contribution in [0.4, 0.5) is 0 Å². The zero-order chi connectivity index (χ0) is 22.4. The summed E-state index contributed by atoms with van der Waals surface area (Å²) in [7, 11) is 0. The van der Waals surface area contributed by atoms with Gasteiger partial charge in [0.05, 0.1) is 0 Å². The minimum atomic E-state index is -2.02. The van der Waals surface area contributed by atoms with Gasteiger partial charge in [0.25, 0.3) is 0 Å². The van der Waals surface area contributed by atoms with Crippen LogP contribution in [-0.2, 0) is 20.8 Å². The van der Waals surface area contributed by atoms with Gasteiger partial charge in [0.2, 0.25) is 0 Å². The van der Waals surface area contributed by atoms with E-state index in [1.165, 1.54) is 33.4 Å². The topological polar surface area (TPSA) is 0 Å². The minimum absolute atomic E-state index is 0.331. The standard InChI is InChI=1S/C25H19.2C3H6.Zr/c1-17-14-23(18-8-3-2-4-9-18)24(15-17)22-13-7-12-21-20-11-6-5-10-19(20)16-25(21)22;2*1-3-2;/h2-16,23H,1H3;2*1-2H3;. The molecule has 32 heavy (non-hydrogen) atoms. The van der Waals surface area contributed by atoms with Crippen molar-refractivity contribution >= 4 is 12.0 Å². The zero-order valence-electron chi connectivity index (χ0n) is 19.7. The molecule has 0 bridgehead atoms. The van der Waals surface area contributed by atoms with Crippen molar-refractivity contribution in [3.05, 3.63) is 113 Å². The molecule has 2 aliphatic carbocycles. The van der Waals surface area contributed by atoms with Gasteiger partial charge in [-0.05, 0) is 0 Å². The van der Waals surface area contributed by atoms with Gasteiger partial charge >= 0.3 is 201 Å². The van der Waals surface area contributed by atoms with Crippen LogP contribution in [0, 0.1) is 0 Å². The maximum atomic E-state index is 2.44. The molecule has 0 spiro atoms. The summed E-state index contributed by atoms with van der Waals surface area (Å²) in [6.45, 7) is 11.8. The molecule has 1 heteroatoms. The van der Waals surface area contributed by atoms with Crippen molar-refractivity contribution in [1.82, 2.24) is 0 Å². The third kappa shape index (κ3) is 3.56. The summed E-state index contributed by atoms with van der Waals surface area (Å²) in [6.07, 6.45) is 4.87. The first-order valence-corrected chi connectivity index (χ1v) is 15.5. The second-order valence-corrected chi connectivity index (χ2v) is 18.0. The number of rotatable bonds is 3. The number of hydrogen-bond acceptors (Lipinski definition) is 0. The molecule has 0 aliphatic heterocycles. The van der Waals surface area contributed by atoms with Crippen LogP contribution in [0.25, 0.3) is 16.7 Å². The van der Waals surface area contributed by atoms with Crippen LogP contribution in [0.15, 0.2) is 90.5 Å². The molecule has 0 radical (unpaired) electrons. The van der Waals surface area contributed by atoms with Gasteiger partial charge in [-0.15, -0.1) is 0 Å². The number of hydrogen-bond donors (Lipinski definition) is 0. The van der Waals surface area contributed by atoms with Gasteiger partial charge in [0.15, 0.2) is 0 Å². The molecule has 2 unspecified atom stereocenters. The first kappa shape index (κ1) is 21.6. The molecule has 2 atom stereocenters. The van der Waals surface area contributed by atoms with Crippen LogP contribution in [0.1, 0.15) is 66.4 Å². The Bertz CT molecular complexity index is 1330. The Kier molecular flexibility index (Phi) is 5.81. The fourth-order valence-electron chi connectivity index (χ4n) is 5.81. The van der Waals surface area contributed by atoms with E-state index < -0.39 is 20.8 Å². The fourth-order valence-corrected chi connectivity index (χ4v) is 14.0. The molecular formula is C31H31Zr. The summed E-state index contributed by atoms with van der Waals surface area (Å²) in [5.74, 6) is 0.331. The third-order valence-corrected chi connectivity index (χ3v) is 15.1. The number of benzene rings is 3. The van der Waals surface area contributed by atoms with Crippen molar-refractivity contribution in [3.8, 4) is 11.1 Å². The van der Waals surface area contributed by atoms with E-state index in [0.29, 0.717) is 9.54 Å². The number of fused-ring (bicyclic) bond motifs is 3. The van der Waals surface area contributed by atoms with E-state index in [1.807, 2.05) is 0 Å². The molecule has 0 heterocycles. The molecule has 159 valence electrons. The van der Waals surface area contributed by atoms with Crippen molar-refractivity contribution in [2.75, 3.05) is 0 Å². The molecule has 0 nitrogen and oxygen atoms in total. The summed E-state index contributed by atoms with van der Waals surface area (Å²) in [6, 6.07) is 27.2. The summed E-state index contributed by atoms with van der Waals surface area (Å²) in [5, 5.41) is 0. The predicted molar refractivity (Wildman–Crippen MR) is 137 cm³/mol. The molecule has 3 aromatic carbocycles. The average molecular weight is 495 g/mol. The maximum absolute atomic E-state index is 2.44. The van der Waals surface area contributed by atoms with Gasteiger partial charge in [-0.1, -0.05) is 0 Å². The fraction of sp³-hybridized carbons (Fsp3) is 0.226. The zero-order valence-corrected chi connectivity index (χ0v) is 22.2. The van der Waals surface area contributed by atoms with Crippen LogP contribution in [0.2, 0.25) is 0 Å². The van der Waals surface area contributed by atoms with E-state index >= 15 is 0 Å². The molecule has 0 N–H and O–H groups in total. The van der Waals surface area contributed by atoms with Crippen LogP contribution >= 0.6 is 0 Å². The summed E-state index contributed by atoms with van der Waals surface area (Å²) in [4.78, 5) is 0. The van der Waals surface area contributed by atoms with E-state index in [0.717, 1.165) is 0 Å². The normalized spacial score (nSPS) is 18.5. The Morgan fingerprint density at radius 1 is 0.688 bits per heavy atom. The average Bonchev–Trinajstić information content (AvgIpc) is 3.33. The Hall–Kier alpha value is -2.24. The summed E-state index contributed by atoms with van der Waals surface area (Å²) in [5.41, 5.74) is 11.8. The molecule has 0 fully saturated rings. The van der Waals surface area contributed by atoms with Gasteiger partial charge in [-0.2, -0.15) is 0 Å². The Morgan fingerprint density at radius 2 is 1.31 bits per heavy atom. The Morgan fingerprint density at radius 3 is 2.03 bits per heavy atom. The van der Waals surface area contributed by atoms with Crippen LogP contribution in [0.3, 0.4) is 0 Å². The quantitative estimate of drug-likeness (QED) is 0.347. The van der Waals surface area contributed by atoms with Crippen LogP contribution in [0.5, 0.6) is 0 Å². The van der Waals surface area contributed by atoms with E-state index in [9.17, 15) is 0 Å². The van der Waals surface area contributed by atoms with Crippen molar-refractivity contribution in [2.24, 2.45) is 0 Å². The number of allylic oxidation sites excluding steroid dienone is 4. The predicted octanol–water partition coefficient (Wildman–Crippen LogP) is 7.93. The van der Waals surface area contributed by atoms with Crippen molar-refractivity contribution < 1.29 is 20.8 Å². The van der Waals surface area contributed by atoms with Crippen LogP contribution < -0.4 is 0 Å². The van der Waals surface area contributed by atoms with Gasteiger partial charge < -0.3 is 0 Å². The molecule has 5 rings (SSSR count). The van der Waals surface area contributed by atoms with Gasteiger partial charge in [0.1, 0.15) is 0 Å². The second-order valence-electron chi connectivity index (χ2n) is 9.60. The molecule has 0 aromatic heterocycles. The van der Waals surface area contributed by atoms with E-state index in [2.05, 4.69) is 120 Å². The van der Waals surface area contributed by atoms with E-state index in [-0.39, 0.29) is 0 Å². The van der Waals surface area contributed by atoms with Gasteiger partial charge in [-0.3, -0.25) is 0 Å². The van der Waals surface area contributed by atoms with E-state index in [1.54, 1.807) is 17.5 Å². The van der Waals surface area contributed by atoms with E-state index in [4.69, 9.17) is 0 Å². The van der Waals surface area contributed by atoms with Gasteiger partial charge in [-0.25, -0.2) is 0 Å². The Labute approximate surface area is 200 Å². The molecule has 2 aliphatic rings. The molecule has 0 saturated heterocycles. The third-order valence-electron chi connectivity index (χ3n) is 6.94. The monoisotopic (exact) mass is 493 g/mol. The first-order valence-electron chi connectivity index (χ1n) is 11.6. The Balaban J connectivity index is 1.79. The molecular weight excluding hydrogens is 464 g/mol. The second kappa shape index (κ2) is 8.60. The molecule has 0 saturated carbocycles. The molecule has 3 aromatic rings. The van der Waals surface area contributed by atoms with Gasteiger partial charge in [0, 0.05) is 0 Å². The van der Waals surface area contributed by atoms with Crippen molar-refractivity contribution in [2.45, 2.75) is 44.2 Å². The first-order chi connectivity index (χ1) is 15.5.